The number of rotatable bonds is 2. The molecule has 16 heavy (non-hydrogen) atoms. The number of nitrogens with one attached hydrogen (secondary N) is 2. The third-order valence-electron chi connectivity index (χ3n) is 2.73. The molecule has 2 N–H and O–H groups in total. The van der Waals surface area contributed by atoms with Gasteiger partial charge in [-0.2, -0.15) is 0 Å². The van der Waals surface area contributed by atoms with Gasteiger partial charge in [-0.05, 0) is 18.1 Å². The van der Waals surface area contributed by atoms with E-state index >= 15 is 0 Å². The smallest absolute Gasteiger partial charge is 0.217 e. The van der Waals surface area contributed by atoms with Gasteiger partial charge < -0.3 is 15.4 Å². The fourth-order valence-electron chi connectivity index (χ4n) is 1.99. The summed E-state index contributed by atoms with van der Waals surface area (Å²) >= 11 is 0. The van der Waals surface area contributed by atoms with Crippen LogP contribution in [0.5, 0.6) is 5.75 Å². The van der Waals surface area contributed by atoms with Gasteiger partial charge in [-0.1, -0.05) is 6.07 Å². The molecule has 0 radical (unpaired) electrons. The maximum atomic E-state index is 11.0. The molecule has 0 unspecified atom stereocenters. The van der Waals surface area contributed by atoms with Gasteiger partial charge in [-0.3, -0.25) is 4.79 Å². The second-order valence-electron chi connectivity index (χ2n) is 4.01. The van der Waals surface area contributed by atoms with Crippen LogP contribution in [0.3, 0.4) is 0 Å². The lowest BCUT2D eigenvalue weighted by atomic mass is 9.99. The molecule has 0 fully saturated rings. The van der Waals surface area contributed by atoms with E-state index in [4.69, 9.17) is 4.74 Å². The quantitative estimate of drug-likeness (QED) is 0.786. The van der Waals surface area contributed by atoms with Crippen molar-refractivity contribution in [1.29, 1.82) is 0 Å². The molecule has 1 heterocycles. The highest BCUT2D eigenvalue weighted by Crippen LogP contribution is 2.26. The summed E-state index contributed by atoms with van der Waals surface area (Å²) in [6.45, 7) is 2.31. The number of hydrogen-bond acceptors (Lipinski definition) is 3. The molecule has 1 amide bonds. The van der Waals surface area contributed by atoms with Gasteiger partial charge >= 0.3 is 0 Å². The van der Waals surface area contributed by atoms with Gasteiger partial charge in [0.2, 0.25) is 5.91 Å². The molecule has 2 rings (SSSR count). The van der Waals surface area contributed by atoms with Crippen LogP contribution < -0.4 is 15.4 Å². The van der Waals surface area contributed by atoms with Crippen molar-refractivity contribution >= 4 is 11.6 Å². The molecule has 4 heteroatoms. The van der Waals surface area contributed by atoms with Crippen LogP contribution in [0.25, 0.3) is 0 Å². The van der Waals surface area contributed by atoms with Crippen molar-refractivity contribution in [3.8, 4) is 5.75 Å². The second kappa shape index (κ2) is 4.43. The van der Waals surface area contributed by atoms with E-state index in [1.807, 2.05) is 18.2 Å². The molecule has 86 valence electrons. The van der Waals surface area contributed by atoms with Crippen molar-refractivity contribution in [3.63, 3.8) is 0 Å². The maximum absolute atomic E-state index is 11.0. The van der Waals surface area contributed by atoms with Crippen molar-refractivity contribution in [2.24, 2.45) is 0 Å². The Kier molecular flexibility index (Phi) is 2.99. The van der Waals surface area contributed by atoms with Crippen molar-refractivity contribution < 1.29 is 9.53 Å². The zero-order chi connectivity index (χ0) is 11.5. The van der Waals surface area contributed by atoms with E-state index in [1.54, 1.807) is 14.0 Å². The Labute approximate surface area is 95.0 Å². The molecule has 1 aliphatic heterocycles. The summed E-state index contributed by atoms with van der Waals surface area (Å²) in [5.74, 6) is 0.869. The molecule has 0 spiro atoms. The number of amides is 1. The monoisotopic (exact) mass is 220 g/mol. The van der Waals surface area contributed by atoms with E-state index in [9.17, 15) is 4.79 Å². The normalized spacial score (nSPS) is 18.2. The SMILES string of the molecule is COc1ccc2c(c1)NC[C@@H](NC(C)=O)C2. The maximum Gasteiger partial charge on any atom is 0.217 e. The molecule has 0 aromatic heterocycles. The molecular formula is C12H16N2O2. The van der Waals surface area contributed by atoms with E-state index in [-0.39, 0.29) is 11.9 Å². The van der Waals surface area contributed by atoms with Crippen molar-refractivity contribution in [1.82, 2.24) is 5.32 Å². The lowest BCUT2D eigenvalue weighted by Gasteiger charge is -2.26. The number of fused-ring (bicyclic) bond motifs is 1. The first-order chi connectivity index (χ1) is 7.69. The Morgan fingerprint density at radius 3 is 3.06 bits per heavy atom. The Bertz CT molecular complexity index is 404. The molecular weight excluding hydrogens is 204 g/mol. The number of methoxy groups -OCH3 is 1. The van der Waals surface area contributed by atoms with Crippen LogP contribution in [-0.4, -0.2) is 25.6 Å². The van der Waals surface area contributed by atoms with Crippen LogP contribution in [0.1, 0.15) is 12.5 Å². The minimum absolute atomic E-state index is 0.0174. The number of carbonyl (C=O) groups is 1. The Morgan fingerprint density at radius 2 is 2.38 bits per heavy atom. The average molecular weight is 220 g/mol. The van der Waals surface area contributed by atoms with Crippen LogP contribution in [0.4, 0.5) is 5.69 Å². The summed E-state index contributed by atoms with van der Waals surface area (Å²) in [5, 5.41) is 6.22. The molecule has 0 aliphatic carbocycles. The average Bonchev–Trinajstić information content (AvgIpc) is 2.27. The number of hydrogen-bond donors (Lipinski definition) is 2. The third kappa shape index (κ3) is 2.27. The van der Waals surface area contributed by atoms with Crippen molar-refractivity contribution in [2.45, 2.75) is 19.4 Å². The minimum atomic E-state index is 0.0174. The number of ether oxygens (including phenoxy) is 1. The van der Waals surface area contributed by atoms with E-state index in [0.717, 1.165) is 24.4 Å². The Morgan fingerprint density at radius 1 is 1.56 bits per heavy atom. The van der Waals surface area contributed by atoms with Gasteiger partial charge in [0.25, 0.3) is 0 Å². The van der Waals surface area contributed by atoms with Crippen LogP contribution in [-0.2, 0) is 11.2 Å². The predicted octanol–water partition coefficient (Wildman–Crippen LogP) is 1.17. The van der Waals surface area contributed by atoms with Crippen molar-refractivity contribution in [3.05, 3.63) is 23.8 Å². The molecule has 0 saturated carbocycles. The van der Waals surface area contributed by atoms with E-state index < -0.39 is 0 Å². The summed E-state index contributed by atoms with van der Waals surface area (Å²) in [6, 6.07) is 6.14. The molecule has 4 nitrogen and oxygen atoms in total. The molecule has 0 bridgehead atoms. The Hall–Kier alpha value is -1.71. The first kappa shape index (κ1) is 10.8. The lowest BCUT2D eigenvalue weighted by Crippen LogP contribution is -2.42. The van der Waals surface area contributed by atoms with Gasteiger partial charge in [-0.15, -0.1) is 0 Å². The standard InChI is InChI=1S/C12H16N2O2/c1-8(15)14-10-5-9-3-4-11(16-2)6-12(9)13-7-10/h3-4,6,10,13H,5,7H2,1-2H3,(H,14,15)/t10-/m0/s1. The van der Waals surface area contributed by atoms with Crippen LogP contribution in [0.15, 0.2) is 18.2 Å². The van der Waals surface area contributed by atoms with Gasteiger partial charge in [0.05, 0.1) is 13.2 Å². The Balaban J connectivity index is 2.12. The van der Waals surface area contributed by atoms with E-state index in [0.29, 0.717) is 0 Å². The highest BCUT2D eigenvalue weighted by Gasteiger charge is 2.18. The summed E-state index contributed by atoms with van der Waals surface area (Å²) < 4.78 is 5.16. The fourth-order valence-corrected chi connectivity index (χ4v) is 1.99. The van der Waals surface area contributed by atoms with E-state index in [2.05, 4.69) is 10.6 Å². The largest absolute Gasteiger partial charge is 0.497 e. The molecule has 1 atom stereocenters. The van der Waals surface area contributed by atoms with Gasteiger partial charge in [0.15, 0.2) is 0 Å². The highest BCUT2D eigenvalue weighted by atomic mass is 16.5. The minimum Gasteiger partial charge on any atom is -0.497 e. The summed E-state index contributed by atoms with van der Waals surface area (Å²) in [6.07, 6.45) is 0.867. The summed E-state index contributed by atoms with van der Waals surface area (Å²) in [5.41, 5.74) is 2.31. The third-order valence-corrected chi connectivity index (χ3v) is 2.73. The van der Waals surface area contributed by atoms with Gasteiger partial charge in [0, 0.05) is 25.2 Å². The van der Waals surface area contributed by atoms with Gasteiger partial charge in [0.1, 0.15) is 5.75 Å². The number of carbonyl (C=O) groups excluding carboxylic acids is 1. The number of benzene rings is 1. The fraction of sp³-hybridized carbons (Fsp3) is 0.417. The summed E-state index contributed by atoms with van der Waals surface area (Å²) in [4.78, 5) is 11.0. The van der Waals surface area contributed by atoms with Gasteiger partial charge in [-0.25, -0.2) is 0 Å². The van der Waals surface area contributed by atoms with E-state index in [1.165, 1.54) is 5.56 Å². The molecule has 1 aromatic rings. The van der Waals surface area contributed by atoms with Crippen LogP contribution in [0, 0.1) is 0 Å². The molecule has 1 aliphatic rings. The first-order valence-electron chi connectivity index (χ1n) is 5.37. The topological polar surface area (TPSA) is 50.4 Å². The van der Waals surface area contributed by atoms with Crippen LogP contribution >= 0.6 is 0 Å². The zero-order valence-electron chi connectivity index (χ0n) is 9.54. The second-order valence-corrected chi connectivity index (χ2v) is 4.01. The summed E-state index contributed by atoms with van der Waals surface area (Å²) in [7, 11) is 1.66. The zero-order valence-corrected chi connectivity index (χ0v) is 9.54. The number of anilines is 1. The predicted molar refractivity (Wildman–Crippen MR) is 62.8 cm³/mol. The highest BCUT2D eigenvalue weighted by molar-refractivity contribution is 5.73. The molecule has 0 saturated heterocycles. The van der Waals surface area contributed by atoms with Crippen molar-refractivity contribution in [2.75, 3.05) is 19.0 Å². The first-order valence-corrected chi connectivity index (χ1v) is 5.37. The van der Waals surface area contributed by atoms with Crippen LogP contribution in [0.2, 0.25) is 0 Å². The molecule has 1 aromatic carbocycles. The lowest BCUT2D eigenvalue weighted by molar-refractivity contribution is -0.119.